The summed E-state index contributed by atoms with van der Waals surface area (Å²) in [5.74, 6) is -1.36. The number of carboxylic acids is 1. The van der Waals surface area contributed by atoms with Gasteiger partial charge in [0.15, 0.2) is 0 Å². The SMILES string of the molecule is O=C(O)c1cc(=O)[nH]c2c([N+](=O)[O-])cc(Cl)cc12. The van der Waals surface area contributed by atoms with Crippen molar-refractivity contribution in [3.8, 4) is 0 Å². The molecule has 7 nitrogen and oxygen atoms in total. The van der Waals surface area contributed by atoms with Gasteiger partial charge in [0.1, 0.15) is 5.52 Å². The third-order valence-corrected chi connectivity index (χ3v) is 2.54. The Bertz CT molecular complexity index is 737. The minimum absolute atomic E-state index is 0.0151. The first kappa shape index (κ1) is 12.1. The number of benzene rings is 1. The summed E-state index contributed by atoms with van der Waals surface area (Å²) in [6, 6.07) is 3.15. The van der Waals surface area contributed by atoms with Crippen molar-refractivity contribution in [2.24, 2.45) is 0 Å². The molecule has 0 fully saturated rings. The molecule has 0 aliphatic rings. The summed E-state index contributed by atoms with van der Waals surface area (Å²) in [6.07, 6.45) is 0. The number of nitrogens with zero attached hydrogens (tertiary/aromatic N) is 1. The van der Waals surface area contributed by atoms with Crippen molar-refractivity contribution in [2.75, 3.05) is 0 Å². The van der Waals surface area contributed by atoms with Gasteiger partial charge < -0.3 is 10.1 Å². The predicted molar refractivity (Wildman–Crippen MR) is 63.2 cm³/mol. The second-order valence-corrected chi connectivity index (χ2v) is 3.89. The van der Waals surface area contributed by atoms with Crippen LogP contribution in [0.25, 0.3) is 10.9 Å². The number of halogens is 1. The first-order valence-electron chi connectivity index (χ1n) is 4.64. The van der Waals surface area contributed by atoms with Crippen LogP contribution in [0.1, 0.15) is 10.4 Å². The van der Waals surface area contributed by atoms with Crippen LogP contribution in [0, 0.1) is 10.1 Å². The fourth-order valence-electron chi connectivity index (χ4n) is 1.63. The molecule has 0 atom stereocenters. The minimum Gasteiger partial charge on any atom is -0.478 e. The van der Waals surface area contributed by atoms with Gasteiger partial charge >= 0.3 is 5.97 Å². The highest BCUT2D eigenvalue weighted by atomic mass is 35.5. The Morgan fingerprint density at radius 2 is 2.06 bits per heavy atom. The number of hydrogen-bond donors (Lipinski definition) is 2. The molecule has 0 radical (unpaired) electrons. The highest BCUT2D eigenvalue weighted by Gasteiger charge is 2.19. The van der Waals surface area contributed by atoms with E-state index in [0.717, 1.165) is 12.1 Å². The zero-order valence-corrected chi connectivity index (χ0v) is 9.39. The Hall–Kier alpha value is -2.41. The van der Waals surface area contributed by atoms with Crippen LogP contribution in [-0.4, -0.2) is 21.0 Å². The van der Waals surface area contributed by atoms with Crippen molar-refractivity contribution in [1.29, 1.82) is 0 Å². The molecular weight excluding hydrogens is 264 g/mol. The molecule has 0 bridgehead atoms. The van der Waals surface area contributed by atoms with Crippen LogP contribution in [-0.2, 0) is 0 Å². The fraction of sp³-hybridized carbons (Fsp3) is 0. The third kappa shape index (κ3) is 1.91. The summed E-state index contributed by atoms with van der Waals surface area (Å²) in [5.41, 5.74) is -1.67. The predicted octanol–water partition coefficient (Wildman–Crippen LogP) is 1.79. The summed E-state index contributed by atoms with van der Waals surface area (Å²) >= 11 is 5.69. The van der Waals surface area contributed by atoms with Crippen molar-refractivity contribution in [1.82, 2.24) is 4.98 Å². The van der Waals surface area contributed by atoms with E-state index in [4.69, 9.17) is 16.7 Å². The van der Waals surface area contributed by atoms with E-state index in [1.54, 1.807) is 0 Å². The molecule has 2 rings (SSSR count). The fourth-order valence-corrected chi connectivity index (χ4v) is 1.84. The maximum Gasteiger partial charge on any atom is 0.336 e. The van der Waals surface area contributed by atoms with E-state index in [2.05, 4.69) is 4.98 Å². The number of fused-ring (bicyclic) bond motifs is 1. The highest BCUT2D eigenvalue weighted by Crippen LogP contribution is 2.29. The molecule has 1 aromatic carbocycles. The van der Waals surface area contributed by atoms with Gasteiger partial charge in [0.05, 0.1) is 10.5 Å². The van der Waals surface area contributed by atoms with Gasteiger partial charge in [0, 0.05) is 22.5 Å². The largest absolute Gasteiger partial charge is 0.478 e. The molecule has 8 heteroatoms. The van der Waals surface area contributed by atoms with Crippen molar-refractivity contribution in [2.45, 2.75) is 0 Å². The standard InChI is InChI=1S/C10H5ClN2O5/c11-4-1-5-6(10(15)16)3-8(14)12-9(5)7(2-4)13(17)18/h1-3H,(H,12,14)(H,15,16). The average Bonchev–Trinajstić information content (AvgIpc) is 2.27. The van der Waals surface area contributed by atoms with Gasteiger partial charge in [-0.05, 0) is 6.07 Å². The Labute approximate surface area is 104 Å². The molecule has 0 saturated heterocycles. The molecule has 0 aliphatic carbocycles. The lowest BCUT2D eigenvalue weighted by Gasteiger charge is -2.03. The van der Waals surface area contributed by atoms with Gasteiger partial charge in [0.25, 0.3) is 5.69 Å². The van der Waals surface area contributed by atoms with E-state index < -0.39 is 22.1 Å². The number of nitro benzene ring substituents is 1. The number of H-pyrrole nitrogens is 1. The third-order valence-electron chi connectivity index (χ3n) is 2.32. The van der Waals surface area contributed by atoms with E-state index >= 15 is 0 Å². The molecule has 18 heavy (non-hydrogen) atoms. The number of aromatic carboxylic acids is 1. The molecule has 0 spiro atoms. The summed E-state index contributed by atoms with van der Waals surface area (Å²) in [4.78, 5) is 34.6. The maximum atomic E-state index is 11.3. The summed E-state index contributed by atoms with van der Waals surface area (Å²) in [6.45, 7) is 0. The van der Waals surface area contributed by atoms with Crippen LogP contribution in [0.2, 0.25) is 5.02 Å². The van der Waals surface area contributed by atoms with Gasteiger partial charge in [-0.15, -0.1) is 0 Å². The van der Waals surface area contributed by atoms with Gasteiger partial charge in [-0.1, -0.05) is 11.6 Å². The van der Waals surface area contributed by atoms with Crippen LogP contribution in [0.4, 0.5) is 5.69 Å². The van der Waals surface area contributed by atoms with Gasteiger partial charge in [-0.2, -0.15) is 0 Å². The molecule has 0 unspecified atom stereocenters. The van der Waals surface area contributed by atoms with Crippen LogP contribution in [0.3, 0.4) is 0 Å². The van der Waals surface area contributed by atoms with Crippen LogP contribution < -0.4 is 5.56 Å². The van der Waals surface area contributed by atoms with E-state index in [0.29, 0.717) is 0 Å². The number of carboxylic acid groups (broad SMARTS) is 1. The van der Waals surface area contributed by atoms with E-state index in [1.165, 1.54) is 6.07 Å². The summed E-state index contributed by atoms with van der Waals surface area (Å²) in [5, 5.41) is 19.8. The van der Waals surface area contributed by atoms with Gasteiger partial charge in [0.2, 0.25) is 5.56 Å². The van der Waals surface area contributed by atoms with Gasteiger partial charge in [-0.25, -0.2) is 4.79 Å². The zero-order valence-electron chi connectivity index (χ0n) is 8.64. The zero-order chi connectivity index (χ0) is 13.4. The lowest BCUT2D eigenvalue weighted by atomic mass is 10.1. The number of aromatic amines is 1. The second kappa shape index (κ2) is 4.11. The van der Waals surface area contributed by atoms with Crippen molar-refractivity contribution < 1.29 is 14.8 Å². The minimum atomic E-state index is -1.36. The number of nitro groups is 1. The number of carbonyl (C=O) groups is 1. The summed E-state index contributed by atoms with van der Waals surface area (Å²) in [7, 11) is 0. The molecule has 1 aromatic heterocycles. The lowest BCUT2D eigenvalue weighted by Crippen LogP contribution is -2.11. The summed E-state index contributed by atoms with van der Waals surface area (Å²) < 4.78 is 0. The van der Waals surface area contributed by atoms with Gasteiger partial charge in [-0.3, -0.25) is 14.9 Å². The maximum absolute atomic E-state index is 11.3. The number of rotatable bonds is 2. The number of non-ortho nitro benzene ring substituents is 1. The lowest BCUT2D eigenvalue weighted by molar-refractivity contribution is -0.383. The average molecular weight is 269 g/mol. The van der Waals surface area contributed by atoms with E-state index in [9.17, 15) is 19.7 Å². The number of pyridine rings is 1. The quantitative estimate of drug-likeness (QED) is 0.636. The van der Waals surface area contributed by atoms with Crippen molar-refractivity contribution in [3.63, 3.8) is 0 Å². The molecule has 1 heterocycles. The molecule has 0 saturated carbocycles. The first-order chi connectivity index (χ1) is 8.40. The normalized spacial score (nSPS) is 10.5. The molecule has 0 aliphatic heterocycles. The molecule has 2 aromatic rings. The Morgan fingerprint density at radius 1 is 1.39 bits per heavy atom. The van der Waals surface area contributed by atoms with E-state index in [1.807, 2.05) is 0 Å². The first-order valence-corrected chi connectivity index (χ1v) is 5.02. The van der Waals surface area contributed by atoms with Crippen LogP contribution >= 0.6 is 11.6 Å². The van der Waals surface area contributed by atoms with Crippen molar-refractivity contribution in [3.05, 3.63) is 49.3 Å². The second-order valence-electron chi connectivity index (χ2n) is 3.46. The van der Waals surface area contributed by atoms with Crippen molar-refractivity contribution >= 4 is 34.2 Å². The number of nitrogens with one attached hydrogen (secondary N) is 1. The van der Waals surface area contributed by atoms with E-state index in [-0.39, 0.29) is 21.5 Å². The highest BCUT2D eigenvalue weighted by molar-refractivity contribution is 6.32. The monoisotopic (exact) mass is 268 g/mol. The number of hydrogen-bond acceptors (Lipinski definition) is 4. The Balaban J connectivity index is 3.03. The van der Waals surface area contributed by atoms with Crippen LogP contribution in [0.5, 0.6) is 0 Å². The molecule has 92 valence electrons. The number of aromatic nitrogens is 1. The molecular formula is C10H5ClN2O5. The van der Waals surface area contributed by atoms with Crippen LogP contribution in [0.15, 0.2) is 23.0 Å². The Kier molecular flexibility index (Phi) is 2.76. The Morgan fingerprint density at radius 3 is 2.61 bits per heavy atom. The molecule has 0 amide bonds. The molecule has 2 N–H and O–H groups in total. The topological polar surface area (TPSA) is 113 Å². The smallest absolute Gasteiger partial charge is 0.336 e.